The molecule has 0 spiro atoms. The molecule has 26 heavy (non-hydrogen) atoms. The van der Waals surface area contributed by atoms with E-state index >= 15 is 0 Å². The molecular formula is C19H29N7. The van der Waals surface area contributed by atoms with E-state index in [0.29, 0.717) is 18.1 Å². The third kappa shape index (κ3) is 3.82. The van der Waals surface area contributed by atoms with Crippen molar-refractivity contribution in [2.75, 3.05) is 17.3 Å². The van der Waals surface area contributed by atoms with Crippen LogP contribution in [0.4, 0.5) is 17.6 Å². The van der Waals surface area contributed by atoms with Crippen LogP contribution in [0, 0.1) is 0 Å². The largest absolute Gasteiger partial charge is 0.341 e. The highest BCUT2D eigenvalue weighted by Crippen LogP contribution is 2.30. The highest BCUT2D eigenvalue weighted by atomic mass is 15.3. The predicted molar refractivity (Wildman–Crippen MR) is 104 cm³/mol. The van der Waals surface area contributed by atoms with Crippen LogP contribution in [0.5, 0.6) is 0 Å². The van der Waals surface area contributed by atoms with Gasteiger partial charge < -0.3 is 20.5 Å². The maximum absolute atomic E-state index is 6.02. The molecule has 0 aliphatic heterocycles. The van der Waals surface area contributed by atoms with Gasteiger partial charge in [-0.2, -0.15) is 4.98 Å². The number of nitrogens with one attached hydrogen (secondary N) is 1. The smallest absolute Gasteiger partial charge is 0.227 e. The minimum absolute atomic E-state index is 0.351. The number of anilines is 3. The molecule has 0 amide bonds. The van der Waals surface area contributed by atoms with Crippen LogP contribution in [-0.4, -0.2) is 38.7 Å². The molecule has 7 heteroatoms. The Morgan fingerprint density at radius 3 is 2.62 bits per heavy atom. The minimum atomic E-state index is 0.351. The summed E-state index contributed by atoms with van der Waals surface area (Å²) >= 11 is 0. The molecule has 0 atom stereocenters. The van der Waals surface area contributed by atoms with Gasteiger partial charge in [0, 0.05) is 37.6 Å². The molecule has 2 aromatic rings. The molecule has 3 N–H and O–H groups in total. The molecule has 0 unspecified atom stereocenters. The average Bonchev–Trinajstić information content (AvgIpc) is 3.34. The van der Waals surface area contributed by atoms with Gasteiger partial charge in [-0.15, -0.1) is 0 Å². The number of hydrogen-bond acceptors (Lipinski definition) is 6. The molecule has 0 saturated heterocycles. The number of nitrogens with zero attached hydrogens (tertiary/aromatic N) is 5. The molecule has 0 radical (unpaired) electrons. The number of aromatic nitrogens is 4. The second-order valence-electron chi connectivity index (χ2n) is 7.69. The van der Waals surface area contributed by atoms with Crippen LogP contribution in [0.25, 0.3) is 0 Å². The molecule has 2 aliphatic rings. The van der Waals surface area contributed by atoms with Crippen molar-refractivity contribution in [1.29, 1.82) is 0 Å². The monoisotopic (exact) mass is 355 g/mol. The Labute approximate surface area is 155 Å². The summed E-state index contributed by atoms with van der Waals surface area (Å²) in [5.74, 6) is 2.38. The van der Waals surface area contributed by atoms with E-state index in [1.165, 1.54) is 25.7 Å². The third-order valence-corrected chi connectivity index (χ3v) is 5.85. The summed E-state index contributed by atoms with van der Waals surface area (Å²) in [6, 6.07) is 3.31. The Morgan fingerprint density at radius 1 is 1.08 bits per heavy atom. The molecule has 0 aromatic carbocycles. The van der Waals surface area contributed by atoms with Crippen LogP contribution >= 0.6 is 0 Å². The predicted octanol–water partition coefficient (Wildman–Crippen LogP) is 3.24. The summed E-state index contributed by atoms with van der Waals surface area (Å²) in [4.78, 5) is 15.8. The van der Waals surface area contributed by atoms with Gasteiger partial charge in [-0.3, -0.25) is 0 Å². The fourth-order valence-electron chi connectivity index (χ4n) is 4.17. The van der Waals surface area contributed by atoms with Crippen molar-refractivity contribution in [1.82, 2.24) is 19.5 Å². The van der Waals surface area contributed by atoms with Crippen molar-refractivity contribution in [3.8, 4) is 0 Å². The fraction of sp³-hybridized carbons (Fsp3) is 0.632. The van der Waals surface area contributed by atoms with Crippen molar-refractivity contribution in [3.63, 3.8) is 0 Å². The van der Waals surface area contributed by atoms with Crippen LogP contribution in [0.3, 0.4) is 0 Å². The van der Waals surface area contributed by atoms with Gasteiger partial charge in [0.15, 0.2) is 0 Å². The minimum Gasteiger partial charge on any atom is -0.341 e. The van der Waals surface area contributed by atoms with Gasteiger partial charge in [-0.25, -0.2) is 9.97 Å². The quantitative estimate of drug-likeness (QED) is 0.856. The Morgan fingerprint density at radius 2 is 1.85 bits per heavy atom. The molecule has 2 saturated carbocycles. The zero-order chi connectivity index (χ0) is 17.9. The van der Waals surface area contributed by atoms with Gasteiger partial charge in [0.2, 0.25) is 5.95 Å². The lowest BCUT2D eigenvalue weighted by Crippen LogP contribution is -2.39. The van der Waals surface area contributed by atoms with E-state index in [2.05, 4.69) is 38.0 Å². The van der Waals surface area contributed by atoms with Crippen LogP contribution < -0.4 is 16.0 Å². The van der Waals surface area contributed by atoms with E-state index in [1.807, 2.05) is 18.6 Å². The van der Waals surface area contributed by atoms with Gasteiger partial charge in [-0.05, 0) is 44.6 Å². The molecule has 7 nitrogen and oxygen atoms in total. The van der Waals surface area contributed by atoms with E-state index in [0.717, 1.165) is 43.3 Å². The van der Waals surface area contributed by atoms with E-state index < -0.39 is 0 Å². The van der Waals surface area contributed by atoms with Crippen LogP contribution in [0.2, 0.25) is 0 Å². The van der Waals surface area contributed by atoms with Crippen LogP contribution in [0.15, 0.2) is 24.8 Å². The fourth-order valence-corrected chi connectivity index (χ4v) is 4.17. The van der Waals surface area contributed by atoms with Gasteiger partial charge in [0.25, 0.3) is 0 Å². The molecule has 4 rings (SSSR count). The number of hydrogen-bond donors (Lipinski definition) is 2. The first kappa shape index (κ1) is 17.3. The van der Waals surface area contributed by atoms with Crippen LogP contribution in [0.1, 0.15) is 57.4 Å². The zero-order valence-corrected chi connectivity index (χ0v) is 15.5. The molecule has 2 aromatic heterocycles. The molecule has 2 aliphatic carbocycles. The van der Waals surface area contributed by atoms with Gasteiger partial charge in [0.1, 0.15) is 11.6 Å². The number of rotatable bonds is 5. The second-order valence-corrected chi connectivity index (χ2v) is 7.69. The first-order valence-electron chi connectivity index (χ1n) is 9.81. The Balaban J connectivity index is 1.42. The number of nitrogens with two attached hydrogens (primary N) is 1. The highest BCUT2D eigenvalue weighted by molar-refractivity contribution is 5.52. The van der Waals surface area contributed by atoms with Crippen LogP contribution in [-0.2, 0) is 0 Å². The molecular weight excluding hydrogens is 326 g/mol. The maximum atomic E-state index is 6.02. The molecule has 2 heterocycles. The summed E-state index contributed by atoms with van der Waals surface area (Å²) in [6.45, 7) is 0. The lowest BCUT2D eigenvalue weighted by molar-refractivity contribution is 0.382. The average molecular weight is 355 g/mol. The lowest BCUT2D eigenvalue weighted by atomic mass is 9.91. The summed E-state index contributed by atoms with van der Waals surface area (Å²) in [6.07, 6.45) is 15.3. The van der Waals surface area contributed by atoms with Crippen molar-refractivity contribution >= 4 is 17.6 Å². The molecule has 140 valence electrons. The Kier molecular flexibility index (Phi) is 5.06. The highest BCUT2D eigenvalue weighted by Gasteiger charge is 2.23. The van der Waals surface area contributed by atoms with E-state index in [9.17, 15) is 0 Å². The first-order chi connectivity index (χ1) is 12.7. The zero-order valence-electron chi connectivity index (χ0n) is 15.5. The summed E-state index contributed by atoms with van der Waals surface area (Å²) in [5, 5.41) is 3.32. The maximum Gasteiger partial charge on any atom is 0.227 e. The molecule has 2 fully saturated rings. The van der Waals surface area contributed by atoms with Crippen molar-refractivity contribution in [2.24, 2.45) is 5.73 Å². The van der Waals surface area contributed by atoms with Crippen molar-refractivity contribution < 1.29 is 0 Å². The third-order valence-electron chi connectivity index (χ3n) is 5.85. The van der Waals surface area contributed by atoms with E-state index in [4.69, 9.17) is 10.7 Å². The van der Waals surface area contributed by atoms with Crippen molar-refractivity contribution in [3.05, 3.63) is 24.8 Å². The first-order valence-corrected chi connectivity index (χ1v) is 9.81. The topological polar surface area (TPSA) is 84.9 Å². The van der Waals surface area contributed by atoms with Crippen molar-refractivity contribution in [2.45, 2.75) is 69.5 Å². The van der Waals surface area contributed by atoms with E-state index in [-0.39, 0.29) is 0 Å². The summed E-state index contributed by atoms with van der Waals surface area (Å²) in [7, 11) is 2.08. The standard InChI is InChI=1S/C19H29N7/c1-25(15-8-6-14(20)7-9-15)19-21-11-10-17(24-19)23-18-12-26(13-22-18)16-4-2-3-5-16/h10-16H,2-9,20H2,1H3,(H,21,23,24)/t14-,15-. The van der Waals surface area contributed by atoms with Gasteiger partial charge >= 0.3 is 0 Å². The lowest BCUT2D eigenvalue weighted by Gasteiger charge is -2.33. The number of imidazole rings is 1. The Bertz CT molecular complexity index is 714. The van der Waals surface area contributed by atoms with E-state index in [1.54, 1.807) is 0 Å². The Hall–Kier alpha value is -2.15. The second kappa shape index (κ2) is 7.61. The molecule has 0 bridgehead atoms. The SMILES string of the molecule is CN(c1nccc(Nc2cn(C3CCCC3)cn2)n1)[C@H]1CC[C@H](N)CC1. The summed E-state index contributed by atoms with van der Waals surface area (Å²) in [5.41, 5.74) is 6.02. The van der Waals surface area contributed by atoms with Gasteiger partial charge in [0.05, 0.1) is 6.33 Å². The van der Waals surface area contributed by atoms with Gasteiger partial charge in [-0.1, -0.05) is 12.8 Å². The summed E-state index contributed by atoms with van der Waals surface area (Å²) < 4.78 is 2.23. The normalized spacial score (nSPS) is 23.9.